The third kappa shape index (κ3) is 3.43. The Labute approximate surface area is 180 Å². The number of aromatic nitrogens is 1. The Kier molecular flexibility index (Phi) is 4.55. The predicted octanol–water partition coefficient (Wildman–Crippen LogP) is 2.63. The van der Waals surface area contributed by atoms with Crippen LogP contribution in [0.4, 0.5) is 10.5 Å². The second-order valence-corrected chi connectivity index (χ2v) is 9.16. The second-order valence-electron chi connectivity index (χ2n) is 9.16. The lowest BCUT2D eigenvalue weighted by Crippen LogP contribution is -2.50. The van der Waals surface area contributed by atoms with Crippen molar-refractivity contribution in [2.45, 2.75) is 49.9 Å². The summed E-state index contributed by atoms with van der Waals surface area (Å²) in [5.74, 6) is -0.0519. The Morgan fingerprint density at radius 1 is 1.06 bits per heavy atom. The van der Waals surface area contributed by atoms with Gasteiger partial charge in [-0.3, -0.25) is 15.0 Å². The summed E-state index contributed by atoms with van der Waals surface area (Å²) < 4.78 is 14.9. The zero-order valence-electron chi connectivity index (χ0n) is 17.6. The van der Waals surface area contributed by atoms with Gasteiger partial charge in [-0.2, -0.15) is 0 Å². The topological polar surface area (TPSA) is 84.8 Å². The van der Waals surface area contributed by atoms with Crippen molar-refractivity contribution in [2.75, 3.05) is 37.7 Å². The fourth-order valence-electron chi connectivity index (χ4n) is 5.11. The van der Waals surface area contributed by atoms with E-state index in [1.807, 2.05) is 6.07 Å². The van der Waals surface area contributed by atoms with E-state index in [4.69, 9.17) is 9.47 Å². The number of ether oxygens (including phenoxy) is 2. The van der Waals surface area contributed by atoms with Crippen LogP contribution < -0.4 is 15.5 Å². The fourth-order valence-corrected chi connectivity index (χ4v) is 5.11. The summed E-state index contributed by atoms with van der Waals surface area (Å²) in [6.07, 6.45) is 6.79. The number of carbonyl (C=O) groups excluding carboxylic acids is 2. The molecule has 6 rings (SSSR count). The lowest BCUT2D eigenvalue weighted by atomic mass is 10.0. The number of anilines is 1. The number of hydrogen-bond acceptors (Lipinski definition) is 5. The third-order valence-electron chi connectivity index (χ3n) is 7.07. The third-order valence-corrected chi connectivity index (χ3v) is 7.07. The minimum atomic E-state index is -0.420. The normalized spacial score (nSPS) is 24.7. The maximum Gasteiger partial charge on any atom is 0.328 e. The Balaban J connectivity index is 1.30. The molecule has 0 bridgehead atoms. The van der Waals surface area contributed by atoms with Gasteiger partial charge in [0.25, 0.3) is 0 Å². The lowest BCUT2D eigenvalue weighted by Gasteiger charge is -2.43. The van der Waals surface area contributed by atoms with E-state index >= 15 is 0 Å². The molecule has 8 nitrogen and oxygen atoms in total. The smallest absolute Gasteiger partial charge is 0.328 e. The molecule has 8 heteroatoms. The van der Waals surface area contributed by atoms with Crippen molar-refractivity contribution >= 4 is 28.5 Å². The average Bonchev–Trinajstić information content (AvgIpc) is 3.56. The Hall–Kier alpha value is -2.42. The molecule has 4 heterocycles. The number of piperidine rings is 1. The van der Waals surface area contributed by atoms with Crippen LogP contribution in [0.1, 0.15) is 49.6 Å². The maximum absolute atomic E-state index is 12.3. The molecule has 0 unspecified atom stereocenters. The fraction of sp³-hybridized carbons (Fsp3) is 0.565. The van der Waals surface area contributed by atoms with Crippen LogP contribution in [0.5, 0.6) is 0 Å². The Bertz CT molecular complexity index is 1030. The first-order valence-electron chi connectivity index (χ1n) is 11.4. The van der Waals surface area contributed by atoms with Gasteiger partial charge >= 0.3 is 6.03 Å². The van der Waals surface area contributed by atoms with Gasteiger partial charge in [-0.15, -0.1) is 0 Å². The molecular formula is C23H28N4O4. The number of urea groups is 1. The van der Waals surface area contributed by atoms with Gasteiger partial charge in [0.15, 0.2) is 5.79 Å². The summed E-state index contributed by atoms with van der Waals surface area (Å²) in [6.45, 7) is 3.57. The van der Waals surface area contributed by atoms with Gasteiger partial charge in [0, 0.05) is 61.7 Å². The summed E-state index contributed by atoms with van der Waals surface area (Å²) in [7, 11) is 0. The average molecular weight is 425 g/mol. The molecule has 2 N–H and O–H groups in total. The molecule has 2 aromatic rings. The zero-order chi connectivity index (χ0) is 21.0. The first kappa shape index (κ1) is 19.3. The molecule has 1 saturated carbocycles. The highest BCUT2D eigenvalue weighted by Gasteiger charge is 2.40. The number of hydrogen-bond donors (Lipinski definition) is 2. The number of fused-ring (bicyclic) bond motifs is 1. The highest BCUT2D eigenvalue weighted by molar-refractivity contribution is 6.06. The summed E-state index contributed by atoms with van der Waals surface area (Å²) >= 11 is 0. The van der Waals surface area contributed by atoms with Gasteiger partial charge < -0.3 is 19.4 Å². The summed E-state index contributed by atoms with van der Waals surface area (Å²) in [4.78, 5) is 25.5. The Morgan fingerprint density at radius 3 is 2.55 bits per heavy atom. The van der Waals surface area contributed by atoms with Crippen molar-refractivity contribution in [1.82, 2.24) is 15.2 Å². The van der Waals surface area contributed by atoms with E-state index in [-0.39, 0.29) is 18.0 Å². The van der Waals surface area contributed by atoms with Gasteiger partial charge in [0.1, 0.15) is 0 Å². The molecule has 0 atom stereocenters. The number of amides is 3. The number of nitrogens with one attached hydrogen (secondary N) is 2. The highest BCUT2D eigenvalue weighted by Crippen LogP contribution is 2.45. The SMILES string of the molecule is O=C1CCN(c2ccc3c(c2)c(C2CC2)cn3C2COC3(CCNCC3)OC2)C(=O)N1. The molecule has 3 aliphatic heterocycles. The number of rotatable bonds is 3. The molecule has 1 aromatic heterocycles. The van der Waals surface area contributed by atoms with Gasteiger partial charge in [-0.1, -0.05) is 0 Å². The first-order chi connectivity index (χ1) is 15.1. The van der Waals surface area contributed by atoms with Crippen molar-refractivity contribution < 1.29 is 19.1 Å². The van der Waals surface area contributed by atoms with Crippen LogP contribution in [0.3, 0.4) is 0 Å². The molecule has 1 spiro atoms. The molecule has 0 radical (unpaired) electrons. The first-order valence-corrected chi connectivity index (χ1v) is 11.4. The monoisotopic (exact) mass is 424 g/mol. The van der Waals surface area contributed by atoms with Crippen LogP contribution in [-0.4, -0.2) is 55.1 Å². The van der Waals surface area contributed by atoms with E-state index in [1.165, 1.54) is 23.8 Å². The van der Waals surface area contributed by atoms with E-state index in [0.29, 0.717) is 32.1 Å². The number of nitrogens with zero attached hydrogens (tertiary/aromatic N) is 2. The molecule has 1 aliphatic carbocycles. The van der Waals surface area contributed by atoms with E-state index in [1.54, 1.807) is 4.90 Å². The minimum absolute atomic E-state index is 0.136. The minimum Gasteiger partial charge on any atom is -0.348 e. The van der Waals surface area contributed by atoms with Crippen molar-refractivity contribution in [1.29, 1.82) is 0 Å². The van der Waals surface area contributed by atoms with Crippen LogP contribution in [0, 0.1) is 0 Å². The van der Waals surface area contributed by atoms with Crippen molar-refractivity contribution in [3.8, 4) is 0 Å². The Morgan fingerprint density at radius 2 is 1.84 bits per heavy atom. The van der Waals surface area contributed by atoms with Gasteiger partial charge in [-0.05, 0) is 42.5 Å². The number of imide groups is 1. The van der Waals surface area contributed by atoms with E-state index < -0.39 is 5.79 Å². The molecule has 4 fully saturated rings. The molecular weight excluding hydrogens is 396 g/mol. The van der Waals surface area contributed by atoms with Crippen molar-refractivity contribution in [3.05, 3.63) is 30.0 Å². The van der Waals surface area contributed by atoms with Crippen LogP contribution >= 0.6 is 0 Å². The highest BCUT2D eigenvalue weighted by atomic mass is 16.7. The summed E-state index contributed by atoms with van der Waals surface area (Å²) in [5.41, 5.74) is 3.33. The molecule has 1 aromatic carbocycles. The zero-order valence-corrected chi connectivity index (χ0v) is 17.6. The number of carbonyl (C=O) groups is 2. The van der Waals surface area contributed by atoms with E-state index in [2.05, 4.69) is 33.5 Å². The van der Waals surface area contributed by atoms with E-state index in [0.717, 1.165) is 37.1 Å². The molecule has 31 heavy (non-hydrogen) atoms. The van der Waals surface area contributed by atoms with Crippen LogP contribution in [-0.2, 0) is 14.3 Å². The quantitative estimate of drug-likeness (QED) is 0.791. The summed E-state index contributed by atoms with van der Waals surface area (Å²) in [6, 6.07) is 5.97. The second kappa shape index (κ2) is 7.32. The van der Waals surface area contributed by atoms with Crippen LogP contribution in [0.15, 0.2) is 24.4 Å². The van der Waals surface area contributed by atoms with Crippen molar-refractivity contribution in [2.24, 2.45) is 0 Å². The largest absolute Gasteiger partial charge is 0.348 e. The van der Waals surface area contributed by atoms with Crippen molar-refractivity contribution in [3.63, 3.8) is 0 Å². The predicted molar refractivity (Wildman–Crippen MR) is 115 cm³/mol. The molecule has 164 valence electrons. The van der Waals surface area contributed by atoms with Crippen LogP contribution in [0.2, 0.25) is 0 Å². The van der Waals surface area contributed by atoms with Gasteiger partial charge in [-0.25, -0.2) is 4.79 Å². The van der Waals surface area contributed by atoms with Gasteiger partial charge in [0.05, 0.1) is 19.3 Å². The number of benzene rings is 1. The van der Waals surface area contributed by atoms with E-state index in [9.17, 15) is 9.59 Å². The standard InChI is InChI=1S/C23H28N4O4/c28-21-5-10-26(22(29)25-21)16-3-4-20-18(11-16)19(15-1-2-15)12-27(20)17-13-30-23(31-14-17)6-8-24-9-7-23/h3-4,11-12,15,17,24H,1-2,5-10,13-14H2,(H,25,28,29). The molecule has 3 saturated heterocycles. The van der Waals surface area contributed by atoms with Crippen LogP contribution in [0.25, 0.3) is 10.9 Å². The molecule has 4 aliphatic rings. The summed E-state index contributed by atoms with van der Waals surface area (Å²) in [5, 5.41) is 6.97. The van der Waals surface area contributed by atoms with Gasteiger partial charge in [0.2, 0.25) is 5.91 Å². The maximum atomic E-state index is 12.3. The lowest BCUT2D eigenvalue weighted by molar-refractivity contribution is -0.288. The molecule has 3 amide bonds.